The van der Waals surface area contributed by atoms with Crippen molar-refractivity contribution in [1.29, 1.82) is 0 Å². The molecule has 1 aromatic rings. The zero-order chi connectivity index (χ0) is 14.2. The van der Waals surface area contributed by atoms with Crippen LogP contribution in [-0.4, -0.2) is 31.9 Å². The van der Waals surface area contributed by atoms with Crippen molar-refractivity contribution in [1.82, 2.24) is 4.31 Å². The number of nitrogens with two attached hydrogens (primary N) is 1. The second-order valence-corrected chi connectivity index (χ2v) is 6.68. The van der Waals surface area contributed by atoms with E-state index in [1.807, 2.05) is 0 Å². The van der Waals surface area contributed by atoms with Gasteiger partial charge in [-0.05, 0) is 31.4 Å². The minimum absolute atomic E-state index is 0.0220. The van der Waals surface area contributed by atoms with Gasteiger partial charge in [0.1, 0.15) is 16.5 Å². The van der Waals surface area contributed by atoms with Crippen LogP contribution in [0.25, 0.3) is 0 Å². The van der Waals surface area contributed by atoms with Crippen molar-refractivity contribution >= 4 is 10.0 Å². The zero-order valence-corrected chi connectivity index (χ0v) is 11.4. The third-order valence-electron chi connectivity index (χ3n) is 3.33. The van der Waals surface area contributed by atoms with Crippen molar-refractivity contribution in [2.75, 3.05) is 13.1 Å². The normalized spacial score (nSPS) is 18.7. The van der Waals surface area contributed by atoms with E-state index in [0.29, 0.717) is 18.9 Å². The second kappa shape index (κ2) is 5.15. The number of nitrogens with zero attached hydrogens (tertiary/aromatic N) is 1. The van der Waals surface area contributed by atoms with Crippen LogP contribution in [0.1, 0.15) is 18.4 Å². The molecule has 0 aromatic heterocycles. The van der Waals surface area contributed by atoms with Crippen LogP contribution in [0.5, 0.6) is 0 Å². The van der Waals surface area contributed by atoms with E-state index >= 15 is 0 Å². The highest BCUT2D eigenvalue weighted by atomic mass is 32.2. The highest BCUT2D eigenvalue weighted by molar-refractivity contribution is 7.89. The first-order valence-electron chi connectivity index (χ1n) is 6.03. The largest absolute Gasteiger partial charge is 0.328 e. The number of aryl methyl sites for hydroxylation is 1. The Balaban J connectivity index is 2.37. The van der Waals surface area contributed by atoms with Gasteiger partial charge >= 0.3 is 0 Å². The van der Waals surface area contributed by atoms with Gasteiger partial charge in [-0.3, -0.25) is 0 Å². The number of sulfonamides is 1. The summed E-state index contributed by atoms with van der Waals surface area (Å²) >= 11 is 0. The Morgan fingerprint density at radius 2 is 1.79 bits per heavy atom. The minimum Gasteiger partial charge on any atom is -0.328 e. The van der Waals surface area contributed by atoms with Crippen molar-refractivity contribution in [2.45, 2.75) is 30.7 Å². The molecule has 0 radical (unpaired) electrons. The van der Waals surface area contributed by atoms with E-state index < -0.39 is 26.6 Å². The number of benzene rings is 1. The highest BCUT2D eigenvalue weighted by Gasteiger charge is 2.30. The summed E-state index contributed by atoms with van der Waals surface area (Å²) in [4.78, 5) is -0.470. The average Bonchev–Trinajstić information content (AvgIpc) is 2.34. The quantitative estimate of drug-likeness (QED) is 0.895. The molecule has 0 amide bonds. The highest BCUT2D eigenvalue weighted by Crippen LogP contribution is 2.24. The fourth-order valence-corrected chi connectivity index (χ4v) is 3.68. The zero-order valence-electron chi connectivity index (χ0n) is 10.6. The molecule has 1 fully saturated rings. The van der Waals surface area contributed by atoms with Gasteiger partial charge in [0, 0.05) is 25.2 Å². The molecular formula is C12H16F2N2O2S. The summed E-state index contributed by atoms with van der Waals surface area (Å²) in [6.45, 7) is 1.93. The molecule has 1 aromatic carbocycles. The minimum atomic E-state index is -3.92. The van der Waals surface area contributed by atoms with Gasteiger partial charge in [-0.2, -0.15) is 4.31 Å². The lowest BCUT2D eigenvalue weighted by molar-refractivity contribution is 0.318. The maximum atomic E-state index is 13.7. The summed E-state index contributed by atoms with van der Waals surface area (Å²) in [5.74, 6) is -1.81. The fourth-order valence-electron chi connectivity index (χ4n) is 2.08. The lowest BCUT2D eigenvalue weighted by Gasteiger charge is -2.29. The molecule has 0 spiro atoms. The lowest BCUT2D eigenvalue weighted by atomic mass is 10.1. The van der Waals surface area contributed by atoms with Crippen LogP contribution in [-0.2, 0) is 10.0 Å². The van der Waals surface area contributed by atoms with E-state index in [9.17, 15) is 17.2 Å². The van der Waals surface area contributed by atoms with Crippen LogP contribution in [0.2, 0.25) is 0 Å². The molecule has 4 nitrogen and oxygen atoms in total. The number of rotatable bonds is 2. The summed E-state index contributed by atoms with van der Waals surface area (Å²) in [5, 5.41) is 0. The fraction of sp³-hybridized carbons (Fsp3) is 0.500. The third-order valence-corrected chi connectivity index (χ3v) is 5.24. The Bertz CT molecular complexity index is 582. The van der Waals surface area contributed by atoms with Gasteiger partial charge in [0.05, 0.1) is 0 Å². The van der Waals surface area contributed by atoms with E-state index in [1.165, 1.54) is 11.2 Å². The van der Waals surface area contributed by atoms with Crippen LogP contribution in [0.15, 0.2) is 17.0 Å². The molecule has 1 aliphatic rings. The van der Waals surface area contributed by atoms with E-state index in [-0.39, 0.29) is 24.7 Å². The molecule has 0 saturated carbocycles. The summed E-state index contributed by atoms with van der Waals surface area (Å²) in [6, 6.07) is 1.62. The molecule has 0 unspecified atom stereocenters. The van der Waals surface area contributed by atoms with Crippen LogP contribution in [0, 0.1) is 18.6 Å². The molecule has 1 saturated heterocycles. The van der Waals surface area contributed by atoms with Crippen LogP contribution >= 0.6 is 0 Å². The molecule has 1 heterocycles. The van der Waals surface area contributed by atoms with Crippen LogP contribution in [0.3, 0.4) is 0 Å². The van der Waals surface area contributed by atoms with Gasteiger partial charge < -0.3 is 5.73 Å². The lowest BCUT2D eigenvalue weighted by Crippen LogP contribution is -2.43. The molecule has 0 aliphatic carbocycles. The van der Waals surface area contributed by atoms with Gasteiger partial charge in [-0.15, -0.1) is 0 Å². The van der Waals surface area contributed by atoms with E-state index in [4.69, 9.17) is 5.73 Å². The van der Waals surface area contributed by atoms with Crippen molar-refractivity contribution in [3.63, 3.8) is 0 Å². The molecule has 1 aliphatic heterocycles. The molecule has 106 valence electrons. The Morgan fingerprint density at radius 1 is 1.21 bits per heavy atom. The smallest absolute Gasteiger partial charge is 0.245 e. The number of piperidine rings is 1. The molecule has 2 N–H and O–H groups in total. The Morgan fingerprint density at radius 3 is 2.37 bits per heavy atom. The number of hydrogen-bond acceptors (Lipinski definition) is 3. The second-order valence-electron chi connectivity index (χ2n) is 4.77. The molecular weight excluding hydrogens is 274 g/mol. The van der Waals surface area contributed by atoms with Crippen molar-refractivity contribution in [3.8, 4) is 0 Å². The maximum absolute atomic E-state index is 13.7. The standard InChI is InChI=1S/C12H16F2N2O2S/c1-8-6-12(11(14)7-10(8)13)19(17,18)16-4-2-9(15)3-5-16/h6-7,9H,2-5,15H2,1H3. The van der Waals surface area contributed by atoms with Crippen molar-refractivity contribution in [3.05, 3.63) is 29.3 Å². The number of halogens is 2. The molecule has 0 bridgehead atoms. The summed E-state index contributed by atoms with van der Waals surface area (Å²) in [6.07, 6.45) is 1.09. The third kappa shape index (κ3) is 2.77. The van der Waals surface area contributed by atoms with E-state index in [1.54, 1.807) is 0 Å². The summed E-state index contributed by atoms with van der Waals surface area (Å²) < 4.78 is 52.7. The predicted molar refractivity (Wildman–Crippen MR) is 67.1 cm³/mol. The van der Waals surface area contributed by atoms with E-state index in [0.717, 1.165) is 6.07 Å². The van der Waals surface area contributed by atoms with Gasteiger partial charge in [-0.25, -0.2) is 17.2 Å². The first-order chi connectivity index (χ1) is 8.82. The predicted octanol–water partition coefficient (Wildman–Crippen LogP) is 1.39. The topological polar surface area (TPSA) is 63.4 Å². The first-order valence-corrected chi connectivity index (χ1v) is 7.48. The molecule has 0 atom stereocenters. The Kier molecular flexibility index (Phi) is 3.89. The monoisotopic (exact) mass is 290 g/mol. The first kappa shape index (κ1) is 14.4. The van der Waals surface area contributed by atoms with Crippen molar-refractivity contribution in [2.24, 2.45) is 5.73 Å². The molecule has 19 heavy (non-hydrogen) atoms. The summed E-state index contributed by atoms with van der Waals surface area (Å²) in [5.41, 5.74) is 5.81. The Labute approximate surface area is 111 Å². The van der Waals surface area contributed by atoms with Crippen LogP contribution < -0.4 is 5.73 Å². The average molecular weight is 290 g/mol. The number of hydrogen-bond donors (Lipinski definition) is 1. The van der Waals surface area contributed by atoms with Gasteiger partial charge in [0.25, 0.3) is 0 Å². The Hall–Kier alpha value is -1.05. The van der Waals surface area contributed by atoms with Gasteiger partial charge in [0.15, 0.2) is 0 Å². The van der Waals surface area contributed by atoms with Crippen molar-refractivity contribution < 1.29 is 17.2 Å². The van der Waals surface area contributed by atoms with Crippen LogP contribution in [0.4, 0.5) is 8.78 Å². The van der Waals surface area contributed by atoms with Gasteiger partial charge in [-0.1, -0.05) is 0 Å². The molecule has 2 rings (SSSR count). The SMILES string of the molecule is Cc1cc(S(=O)(=O)N2CCC(N)CC2)c(F)cc1F. The van der Waals surface area contributed by atoms with E-state index in [2.05, 4.69) is 0 Å². The van der Waals surface area contributed by atoms with Gasteiger partial charge in [0.2, 0.25) is 10.0 Å². The molecule has 7 heteroatoms. The maximum Gasteiger partial charge on any atom is 0.245 e. The summed E-state index contributed by atoms with van der Waals surface area (Å²) in [7, 11) is -3.92.